The zero-order valence-corrected chi connectivity index (χ0v) is 9.98. The van der Waals surface area contributed by atoms with E-state index >= 15 is 0 Å². The van der Waals surface area contributed by atoms with Crippen molar-refractivity contribution in [3.8, 4) is 0 Å². The first-order valence-electron chi connectivity index (χ1n) is 4.86. The molecule has 102 valence electrons. The van der Waals surface area contributed by atoms with Gasteiger partial charge in [-0.05, 0) is 13.8 Å². The minimum atomic E-state index is -1.31. The number of urea groups is 1. The molecule has 0 saturated heterocycles. The molecule has 0 heterocycles. The van der Waals surface area contributed by atoms with E-state index in [1.807, 2.05) is 5.32 Å². The van der Waals surface area contributed by atoms with Crippen LogP contribution >= 0.6 is 0 Å². The van der Waals surface area contributed by atoms with E-state index in [1.165, 1.54) is 13.8 Å². The zero-order valence-electron chi connectivity index (χ0n) is 9.98. The molecule has 0 aromatic heterocycles. The molecule has 0 saturated carbocycles. The van der Waals surface area contributed by atoms with Gasteiger partial charge in [-0.15, -0.1) is 0 Å². The Morgan fingerprint density at radius 2 is 1.78 bits per heavy atom. The molecule has 0 rings (SSSR count). The van der Waals surface area contributed by atoms with Crippen LogP contribution in [0.4, 0.5) is 4.79 Å². The van der Waals surface area contributed by atoms with Gasteiger partial charge in [0.2, 0.25) is 5.91 Å². The number of carboxylic acid groups (broad SMARTS) is 1. The van der Waals surface area contributed by atoms with E-state index in [4.69, 9.17) is 10.8 Å². The molecule has 0 aromatic carbocycles. The maximum atomic E-state index is 11.2. The number of hydrogen-bond acceptors (Lipinski definition) is 5. The number of ether oxygens (including phenoxy) is 1. The summed E-state index contributed by atoms with van der Waals surface area (Å²) in [5.41, 5.74) is 3.69. The summed E-state index contributed by atoms with van der Waals surface area (Å²) in [7, 11) is 0. The summed E-state index contributed by atoms with van der Waals surface area (Å²) in [5, 5.41) is 12.3. The van der Waals surface area contributed by atoms with Crippen LogP contribution in [0.3, 0.4) is 0 Å². The maximum Gasteiger partial charge on any atom is 0.329 e. The first-order valence-corrected chi connectivity index (χ1v) is 4.86. The Hall–Kier alpha value is -2.16. The molecule has 0 aliphatic carbocycles. The molecule has 4 amide bonds. The fraction of sp³-hybridized carbons (Fsp3) is 0.556. The molecule has 0 spiro atoms. The predicted molar refractivity (Wildman–Crippen MR) is 58.4 cm³/mol. The lowest BCUT2D eigenvalue weighted by molar-refractivity contribution is -0.143. The van der Waals surface area contributed by atoms with Crippen LogP contribution in [0.2, 0.25) is 0 Å². The zero-order chi connectivity index (χ0) is 14.3. The van der Waals surface area contributed by atoms with Crippen LogP contribution in [-0.2, 0) is 19.1 Å². The molecule has 0 atom stereocenters. The van der Waals surface area contributed by atoms with Crippen LogP contribution in [0.5, 0.6) is 0 Å². The van der Waals surface area contributed by atoms with Crippen LogP contribution in [0.15, 0.2) is 0 Å². The minimum Gasteiger partial charge on any atom is -0.480 e. The van der Waals surface area contributed by atoms with Crippen LogP contribution in [0.1, 0.15) is 13.8 Å². The number of carbonyl (C=O) groups is 4. The van der Waals surface area contributed by atoms with E-state index in [2.05, 4.69) is 10.1 Å². The topological polar surface area (TPSA) is 148 Å². The molecule has 0 radical (unpaired) electrons. The third-order valence-corrected chi connectivity index (χ3v) is 1.75. The van der Waals surface area contributed by atoms with Gasteiger partial charge in [0.25, 0.3) is 5.91 Å². The first kappa shape index (κ1) is 15.8. The van der Waals surface area contributed by atoms with E-state index in [0.717, 1.165) is 0 Å². The highest BCUT2D eigenvalue weighted by Crippen LogP contribution is 1.99. The second-order valence-electron chi connectivity index (χ2n) is 3.88. The van der Waals surface area contributed by atoms with Gasteiger partial charge in [0, 0.05) is 0 Å². The maximum absolute atomic E-state index is 11.2. The number of nitrogens with one attached hydrogen (secondary N) is 2. The van der Waals surface area contributed by atoms with Gasteiger partial charge >= 0.3 is 12.0 Å². The Bertz CT molecular complexity index is 365. The van der Waals surface area contributed by atoms with E-state index in [-0.39, 0.29) is 0 Å². The van der Waals surface area contributed by atoms with Gasteiger partial charge in [-0.3, -0.25) is 14.9 Å². The van der Waals surface area contributed by atoms with Crippen molar-refractivity contribution >= 4 is 23.8 Å². The molecule has 0 bridgehead atoms. The van der Waals surface area contributed by atoms with E-state index in [9.17, 15) is 19.2 Å². The van der Waals surface area contributed by atoms with Crippen molar-refractivity contribution in [2.75, 3.05) is 13.2 Å². The number of imide groups is 1. The van der Waals surface area contributed by atoms with Gasteiger partial charge in [-0.25, -0.2) is 9.59 Å². The molecule has 18 heavy (non-hydrogen) atoms. The Morgan fingerprint density at radius 1 is 1.22 bits per heavy atom. The second kappa shape index (κ2) is 6.55. The molecule has 0 aliphatic heterocycles. The molecule has 9 nitrogen and oxygen atoms in total. The highest BCUT2D eigenvalue weighted by Gasteiger charge is 2.27. The SMILES string of the molecule is CC(C)(NC(=O)NC(=O)COCC(=O)O)C(N)=O. The summed E-state index contributed by atoms with van der Waals surface area (Å²) in [5.74, 6) is -2.84. The fourth-order valence-electron chi connectivity index (χ4n) is 0.770. The molecule has 0 aliphatic rings. The number of primary amides is 1. The quantitative estimate of drug-likeness (QED) is 0.442. The van der Waals surface area contributed by atoms with Crippen LogP contribution in [0.25, 0.3) is 0 Å². The van der Waals surface area contributed by atoms with Crippen molar-refractivity contribution in [1.82, 2.24) is 10.6 Å². The lowest BCUT2D eigenvalue weighted by atomic mass is 10.1. The number of carbonyl (C=O) groups excluding carboxylic acids is 3. The molecule has 0 fully saturated rings. The Labute approximate surface area is 103 Å². The molecular formula is C9H15N3O6. The van der Waals surface area contributed by atoms with Crippen molar-refractivity contribution in [1.29, 1.82) is 0 Å². The number of amides is 4. The highest BCUT2D eigenvalue weighted by molar-refractivity contribution is 5.97. The fourth-order valence-corrected chi connectivity index (χ4v) is 0.770. The average Bonchev–Trinajstić information content (AvgIpc) is 2.14. The smallest absolute Gasteiger partial charge is 0.329 e. The molecule has 0 aromatic rings. The van der Waals surface area contributed by atoms with Crippen molar-refractivity contribution in [2.24, 2.45) is 5.73 Å². The normalized spacial score (nSPS) is 10.6. The summed E-state index contributed by atoms with van der Waals surface area (Å²) in [6.07, 6.45) is 0. The van der Waals surface area contributed by atoms with Gasteiger partial charge in [0.1, 0.15) is 18.8 Å². The van der Waals surface area contributed by atoms with Crippen LogP contribution in [0, 0.1) is 0 Å². The minimum absolute atomic E-state index is 0.587. The highest BCUT2D eigenvalue weighted by atomic mass is 16.5. The number of rotatable bonds is 6. The van der Waals surface area contributed by atoms with Crippen LogP contribution < -0.4 is 16.4 Å². The average molecular weight is 261 g/mol. The van der Waals surface area contributed by atoms with Crippen molar-refractivity contribution in [2.45, 2.75) is 19.4 Å². The van der Waals surface area contributed by atoms with E-state index in [1.54, 1.807) is 0 Å². The summed E-state index contributed by atoms with van der Waals surface area (Å²) < 4.78 is 4.45. The van der Waals surface area contributed by atoms with E-state index < -0.39 is 42.6 Å². The van der Waals surface area contributed by atoms with Gasteiger partial charge in [-0.2, -0.15) is 0 Å². The standard InChI is InChI=1S/C9H15N3O6/c1-9(2,7(10)16)12-8(17)11-5(13)3-18-4-6(14)15/h3-4H2,1-2H3,(H2,10,16)(H,14,15)(H2,11,12,13,17). The van der Waals surface area contributed by atoms with Gasteiger partial charge in [0.05, 0.1) is 0 Å². The summed E-state index contributed by atoms with van der Waals surface area (Å²) in [6, 6.07) is -0.928. The van der Waals surface area contributed by atoms with E-state index in [0.29, 0.717) is 0 Å². The third-order valence-electron chi connectivity index (χ3n) is 1.75. The lowest BCUT2D eigenvalue weighted by Crippen LogP contribution is -2.56. The second-order valence-corrected chi connectivity index (χ2v) is 3.88. The van der Waals surface area contributed by atoms with Gasteiger partial charge in [0.15, 0.2) is 0 Å². The van der Waals surface area contributed by atoms with Crippen molar-refractivity contribution in [3.05, 3.63) is 0 Å². The lowest BCUT2D eigenvalue weighted by Gasteiger charge is -2.21. The molecule has 9 heteroatoms. The Morgan fingerprint density at radius 3 is 2.22 bits per heavy atom. The number of aliphatic carboxylic acids is 1. The van der Waals surface area contributed by atoms with Gasteiger partial charge < -0.3 is 20.9 Å². The largest absolute Gasteiger partial charge is 0.480 e. The van der Waals surface area contributed by atoms with Crippen LogP contribution in [-0.4, -0.2) is 47.7 Å². The Kier molecular flexibility index (Phi) is 5.76. The van der Waals surface area contributed by atoms with Crippen molar-refractivity contribution in [3.63, 3.8) is 0 Å². The summed E-state index contributed by atoms with van der Waals surface area (Å²) in [4.78, 5) is 43.3. The summed E-state index contributed by atoms with van der Waals surface area (Å²) >= 11 is 0. The predicted octanol–water partition coefficient (Wildman–Crippen LogP) is -1.82. The number of hydrogen-bond donors (Lipinski definition) is 4. The van der Waals surface area contributed by atoms with Crippen molar-refractivity contribution < 1.29 is 29.0 Å². The monoisotopic (exact) mass is 261 g/mol. The Balaban J connectivity index is 4.05. The summed E-state index contributed by atoms with van der Waals surface area (Å²) in [6.45, 7) is 1.49. The number of carboxylic acids is 1. The first-order chi connectivity index (χ1) is 8.15. The molecule has 5 N–H and O–H groups in total. The molecular weight excluding hydrogens is 246 g/mol. The number of nitrogens with two attached hydrogens (primary N) is 1. The third kappa shape index (κ3) is 6.43. The molecule has 0 unspecified atom stereocenters. The van der Waals surface area contributed by atoms with Gasteiger partial charge in [-0.1, -0.05) is 0 Å².